The minimum atomic E-state index is 0.179. The first-order valence-electron chi connectivity index (χ1n) is 7.39. The fraction of sp³-hybridized carbons (Fsp3) is 0.750. The van der Waals surface area contributed by atoms with Gasteiger partial charge in [-0.15, -0.1) is 11.3 Å². The van der Waals surface area contributed by atoms with Gasteiger partial charge in [0.15, 0.2) is 0 Å². The molecule has 1 fully saturated rings. The standard InChI is InChI=1S/C16H27NOS/c1-12-13(11-18-14-7-5-6-8-14)9-15(19-12)10-17-16(2,3)4/h9,14,17H,5-8,10-11H2,1-4H3. The third-order valence-electron chi connectivity index (χ3n) is 3.64. The summed E-state index contributed by atoms with van der Waals surface area (Å²) in [5, 5.41) is 3.55. The summed E-state index contributed by atoms with van der Waals surface area (Å²) in [6, 6.07) is 2.31. The lowest BCUT2D eigenvalue weighted by molar-refractivity contribution is 0.0456. The van der Waals surface area contributed by atoms with Crippen LogP contribution in [0.2, 0.25) is 0 Å². The third kappa shape index (κ3) is 4.90. The van der Waals surface area contributed by atoms with E-state index in [2.05, 4.69) is 39.1 Å². The second-order valence-electron chi connectivity index (χ2n) is 6.62. The number of ether oxygens (including phenoxy) is 1. The molecule has 0 radical (unpaired) electrons. The van der Waals surface area contributed by atoms with E-state index in [1.165, 1.54) is 41.0 Å². The van der Waals surface area contributed by atoms with Crippen molar-refractivity contribution >= 4 is 11.3 Å². The van der Waals surface area contributed by atoms with Gasteiger partial charge in [-0.3, -0.25) is 0 Å². The summed E-state index contributed by atoms with van der Waals surface area (Å²) >= 11 is 1.90. The highest BCUT2D eigenvalue weighted by atomic mass is 32.1. The summed E-state index contributed by atoms with van der Waals surface area (Å²) < 4.78 is 6.01. The van der Waals surface area contributed by atoms with E-state index in [-0.39, 0.29) is 5.54 Å². The van der Waals surface area contributed by atoms with Crippen molar-refractivity contribution in [1.82, 2.24) is 5.32 Å². The first-order chi connectivity index (χ1) is 8.94. The molecule has 0 unspecified atom stereocenters. The van der Waals surface area contributed by atoms with Crippen LogP contribution in [0.1, 0.15) is 61.8 Å². The minimum absolute atomic E-state index is 0.179. The van der Waals surface area contributed by atoms with Crippen LogP contribution in [0.5, 0.6) is 0 Å². The van der Waals surface area contributed by atoms with E-state index in [1.54, 1.807) is 0 Å². The Labute approximate surface area is 121 Å². The number of rotatable bonds is 5. The van der Waals surface area contributed by atoms with Crippen molar-refractivity contribution in [3.8, 4) is 0 Å². The smallest absolute Gasteiger partial charge is 0.0731 e. The Morgan fingerprint density at radius 3 is 2.63 bits per heavy atom. The van der Waals surface area contributed by atoms with Crippen molar-refractivity contribution in [1.29, 1.82) is 0 Å². The van der Waals surface area contributed by atoms with Gasteiger partial charge in [-0.25, -0.2) is 0 Å². The van der Waals surface area contributed by atoms with Gasteiger partial charge in [-0.05, 0) is 52.2 Å². The molecule has 1 aliphatic rings. The van der Waals surface area contributed by atoms with Crippen molar-refractivity contribution in [3.05, 3.63) is 21.4 Å². The molecule has 1 saturated carbocycles. The number of hydrogen-bond donors (Lipinski definition) is 1. The summed E-state index contributed by atoms with van der Waals surface area (Å²) in [6.07, 6.45) is 5.70. The monoisotopic (exact) mass is 281 g/mol. The quantitative estimate of drug-likeness (QED) is 0.863. The van der Waals surface area contributed by atoms with Gasteiger partial charge >= 0.3 is 0 Å². The summed E-state index contributed by atoms with van der Waals surface area (Å²) in [4.78, 5) is 2.82. The molecule has 2 nitrogen and oxygen atoms in total. The molecule has 0 bridgehead atoms. The first-order valence-corrected chi connectivity index (χ1v) is 8.20. The zero-order valence-corrected chi connectivity index (χ0v) is 13.5. The van der Waals surface area contributed by atoms with Crippen LogP contribution < -0.4 is 5.32 Å². The predicted octanol–water partition coefficient (Wildman–Crippen LogP) is 4.40. The highest BCUT2D eigenvalue weighted by Gasteiger charge is 2.16. The number of hydrogen-bond acceptors (Lipinski definition) is 3. The largest absolute Gasteiger partial charge is 0.374 e. The Hall–Kier alpha value is -0.380. The average Bonchev–Trinajstić information content (AvgIpc) is 2.92. The van der Waals surface area contributed by atoms with Gasteiger partial charge in [0.1, 0.15) is 0 Å². The van der Waals surface area contributed by atoms with Crippen LogP contribution in [0.4, 0.5) is 0 Å². The second kappa shape index (κ2) is 6.38. The Balaban J connectivity index is 1.85. The van der Waals surface area contributed by atoms with Crippen LogP contribution in [-0.2, 0) is 17.9 Å². The van der Waals surface area contributed by atoms with Gasteiger partial charge in [0.2, 0.25) is 0 Å². The maximum atomic E-state index is 6.01. The van der Waals surface area contributed by atoms with E-state index in [4.69, 9.17) is 4.74 Å². The Kier molecular flexibility index (Phi) is 5.04. The molecule has 0 saturated heterocycles. The lowest BCUT2D eigenvalue weighted by Gasteiger charge is -2.19. The van der Waals surface area contributed by atoms with Crippen LogP contribution in [0.3, 0.4) is 0 Å². The molecule has 0 spiro atoms. The van der Waals surface area contributed by atoms with Gasteiger partial charge in [-0.1, -0.05) is 12.8 Å². The van der Waals surface area contributed by atoms with E-state index >= 15 is 0 Å². The van der Waals surface area contributed by atoms with Crippen molar-refractivity contribution in [2.75, 3.05) is 0 Å². The number of aryl methyl sites for hydroxylation is 1. The number of thiophene rings is 1. The fourth-order valence-corrected chi connectivity index (χ4v) is 3.42. The molecule has 0 atom stereocenters. The molecule has 1 aromatic heterocycles. The van der Waals surface area contributed by atoms with Crippen molar-refractivity contribution in [3.63, 3.8) is 0 Å². The molecule has 0 aliphatic heterocycles. The van der Waals surface area contributed by atoms with E-state index in [1.807, 2.05) is 11.3 Å². The Morgan fingerprint density at radius 2 is 2.00 bits per heavy atom. The molecular formula is C16H27NOS. The lowest BCUT2D eigenvalue weighted by Crippen LogP contribution is -2.34. The molecule has 0 aromatic carbocycles. The molecule has 1 heterocycles. The van der Waals surface area contributed by atoms with Gasteiger partial charge in [0, 0.05) is 21.8 Å². The average molecular weight is 281 g/mol. The Bertz CT molecular complexity index is 399. The SMILES string of the molecule is Cc1sc(CNC(C)(C)C)cc1COC1CCCC1. The summed E-state index contributed by atoms with van der Waals surface area (Å²) in [5.41, 5.74) is 1.56. The third-order valence-corrected chi connectivity index (χ3v) is 4.73. The normalized spacial score (nSPS) is 17.3. The molecule has 1 aromatic rings. The molecule has 1 N–H and O–H groups in total. The minimum Gasteiger partial charge on any atom is -0.374 e. The molecule has 1 aliphatic carbocycles. The van der Waals surface area contributed by atoms with Crippen molar-refractivity contribution in [2.45, 2.75) is 78.2 Å². The zero-order valence-electron chi connectivity index (χ0n) is 12.7. The summed E-state index contributed by atoms with van der Waals surface area (Å²) in [6.45, 7) is 10.6. The maximum absolute atomic E-state index is 6.01. The summed E-state index contributed by atoms with van der Waals surface area (Å²) in [7, 11) is 0. The molecule has 2 rings (SSSR count). The van der Waals surface area contributed by atoms with Crippen molar-refractivity contribution in [2.24, 2.45) is 0 Å². The second-order valence-corrected chi connectivity index (χ2v) is 7.96. The van der Waals surface area contributed by atoms with Crippen LogP contribution in [0.15, 0.2) is 6.07 Å². The predicted molar refractivity (Wildman–Crippen MR) is 82.7 cm³/mol. The molecule has 108 valence electrons. The number of nitrogens with one attached hydrogen (secondary N) is 1. The van der Waals surface area contributed by atoms with E-state index in [0.29, 0.717) is 6.10 Å². The Morgan fingerprint density at radius 1 is 1.32 bits per heavy atom. The highest BCUT2D eigenvalue weighted by Crippen LogP contribution is 2.26. The first kappa shape index (κ1) is 15.0. The van der Waals surface area contributed by atoms with Crippen LogP contribution >= 0.6 is 11.3 Å². The van der Waals surface area contributed by atoms with Crippen LogP contribution in [0, 0.1) is 6.92 Å². The van der Waals surface area contributed by atoms with Crippen LogP contribution in [-0.4, -0.2) is 11.6 Å². The van der Waals surface area contributed by atoms with Crippen molar-refractivity contribution < 1.29 is 4.74 Å². The van der Waals surface area contributed by atoms with Crippen LogP contribution in [0.25, 0.3) is 0 Å². The highest BCUT2D eigenvalue weighted by molar-refractivity contribution is 7.12. The molecular weight excluding hydrogens is 254 g/mol. The van der Waals surface area contributed by atoms with Gasteiger partial charge in [0.25, 0.3) is 0 Å². The van der Waals surface area contributed by atoms with E-state index < -0.39 is 0 Å². The topological polar surface area (TPSA) is 21.3 Å². The zero-order chi connectivity index (χ0) is 13.9. The molecule has 19 heavy (non-hydrogen) atoms. The molecule has 3 heteroatoms. The maximum Gasteiger partial charge on any atom is 0.0731 e. The van der Waals surface area contributed by atoms with Gasteiger partial charge in [0.05, 0.1) is 12.7 Å². The molecule has 0 amide bonds. The van der Waals surface area contributed by atoms with Gasteiger partial charge in [-0.2, -0.15) is 0 Å². The van der Waals surface area contributed by atoms with Gasteiger partial charge < -0.3 is 10.1 Å². The summed E-state index contributed by atoms with van der Waals surface area (Å²) in [5.74, 6) is 0. The van der Waals surface area contributed by atoms with E-state index in [0.717, 1.165) is 13.2 Å². The fourth-order valence-electron chi connectivity index (χ4n) is 2.43. The van der Waals surface area contributed by atoms with E-state index in [9.17, 15) is 0 Å². The lowest BCUT2D eigenvalue weighted by atomic mass is 10.1.